The molecule has 3 aromatic rings. The molecule has 5 nitrogen and oxygen atoms in total. The van der Waals surface area contributed by atoms with Crippen LogP contribution in [0.1, 0.15) is 16.1 Å². The van der Waals surface area contributed by atoms with E-state index in [0.717, 1.165) is 11.3 Å². The number of nitrogens with one attached hydrogen (secondary N) is 1. The second kappa shape index (κ2) is 6.83. The minimum atomic E-state index is -0.302. The van der Waals surface area contributed by atoms with E-state index in [2.05, 4.69) is 15.5 Å². The zero-order valence-electron chi connectivity index (χ0n) is 12.3. The highest BCUT2D eigenvalue weighted by molar-refractivity contribution is 5.91. The van der Waals surface area contributed by atoms with Crippen LogP contribution in [0.25, 0.3) is 5.69 Å². The number of hydrogen-bond donors (Lipinski definition) is 1. The van der Waals surface area contributed by atoms with Gasteiger partial charge < -0.3 is 5.32 Å². The van der Waals surface area contributed by atoms with Gasteiger partial charge in [0.2, 0.25) is 0 Å². The molecule has 0 fully saturated rings. The highest BCUT2D eigenvalue weighted by Crippen LogP contribution is 2.05. The molecule has 2 aromatic carbocycles. The summed E-state index contributed by atoms with van der Waals surface area (Å²) >= 11 is 0. The summed E-state index contributed by atoms with van der Waals surface area (Å²) in [4.78, 5) is 13.4. The fourth-order valence-electron chi connectivity index (χ4n) is 2.16. The average molecular weight is 310 g/mol. The van der Waals surface area contributed by atoms with Crippen molar-refractivity contribution in [1.82, 2.24) is 20.3 Å². The number of benzene rings is 2. The Morgan fingerprint density at radius 2 is 1.96 bits per heavy atom. The van der Waals surface area contributed by atoms with Gasteiger partial charge >= 0.3 is 0 Å². The van der Waals surface area contributed by atoms with E-state index in [-0.39, 0.29) is 17.4 Å². The number of carbonyl (C=O) groups is 1. The van der Waals surface area contributed by atoms with Crippen LogP contribution in [0.15, 0.2) is 60.8 Å². The van der Waals surface area contributed by atoms with Gasteiger partial charge in [0.1, 0.15) is 5.82 Å². The van der Waals surface area contributed by atoms with Gasteiger partial charge in [0, 0.05) is 6.54 Å². The second-order valence-corrected chi connectivity index (χ2v) is 4.99. The largest absolute Gasteiger partial charge is 0.350 e. The van der Waals surface area contributed by atoms with Crippen molar-refractivity contribution in [1.29, 1.82) is 0 Å². The van der Waals surface area contributed by atoms with Crippen molar-refractivity contribution in [2.24, 2.45) is 0 Å². The van der Waals surface area contributed by atoms with Gasteiger partial charge in [-0.05, 0) is 36.2 Å². The normalized spacial score (nSPS) is 10.5. The molecule has 0 aliphatic heterocycles. The number of halogens is 1. The van der Waals surface area contributed by atoms with E-state index in [0.29, 0.717) is 13.0 Å². The molecular formula is C17H15FN4O. The van der Waals surface area contributed by atoms with E-state index in [1.54, 1.807) is 6.07 Å². The van der Waals surface area contributed by atoms with Crippen LogP contribution >= 0.6 is 0 Å². The molecule has 1 heterocycles. The third-order valence-corrected chi connectivity index (χ3v) is 3.30. The molecule has 0 aliphatic carbocycles. The van der Waals surface area contributed by atoms with Crippen LogP contribution in [0.3, 0.4) is 0 Å². The molecule has 1 N–H and O–H groups in total. The van der Waals surface area contributed by atoms with E-state index in [1.807, 2.05) is 36.4 Å². The lowest BCUT2D eigenvalue weighted by Crippen LogP contribution is -2.26. The summed E-state index contributed by atoms with van der Waals surface area (Å²) < 4.78 is 13.1. The summed E-state index contributed by atoms with van der Waals surface area (Å²) in [5, 5.41) is 11.0. The molecule has 0 atom stereocenters. The van der Waals surface area contributed by atoms with Crippen LogP contribution in [-0.2, 0) is 6.42 Å². The third-order valence-electron chi connectivity index (χ3n) is 3.30. The molecule has 1 amide bonds. The highest BCUT2D eigenvalue weighted by atomic mass is 19.1. The first-order valence-corrected chi connectivity index (χ1v) is 7.23. The summed E-state index contributed by atoms with van der Waals surface area (Å²) in [6.45, 7) is 0.403. The number of para-hydroxylation sites is 1. The van der Waals surface area contributed by atoms with E-state index in [1.165, 1.54) is 23.1 Å². The summed E-state index contributed by atoms with van der Waals surface area (Å²) in [7, 11) is 0. The molecule has 0 radical (unpaired) electrons. The van der Waals surface area contributed by atoms with Gasteiger partial charge in [0.05, 0.1) is 11.9 Å². The fourth-order valence-corrected chi connectivity index (χ4v) is 2.16. The lowest BCUT2D eigenvalue weighted by atomic mass is 10.1. The van der Waals surface area contributed by atoms with Gasteiger partial charge in [-0.25, -0.2) is 4.39 Å². The summed E-state index contributed by atoms with van der Waals surface area (Å²) in [6.07, 6.45) is 1.97. The highest BCUT2D eigenvalue weighted by Gasteiger charge is 2.10. The van der Waals surface area contributed by atoms with Crippen molar-refractivity contribution >= 4 is 5.91 Å². The Bertz CT molecular complexity index is 801. The molecule has 0 bridgehead atoms. The number of carbonyl (C=O) groups excluding carboxylic acids is 1. The van der Waals surface area contributed by atoms with E-state index >= 15 is 0 Å². The number of amides is 1. The van der Waals surface area contributed by atoms with E-state index < -0.39 is 0 Å². The Morgan fingerprint density at radius 1 is 1.13 bits per heavy atom. The Morgan fingerprint density at radius 3 is 2.74 bits per heavy atom. The molecule has 1 aromatic heterocycles. The SMILES string of the molecule is O=C(NCCc1cccc(F)c1)c1cnn(-c2ccccc2)n1. The van der Waals surface area contributed by atoms with Crippen molar-refractivity contribution in [2.45, 2.75) is 6.42 Å². The molecule has 0 saturated carbocycles. The van der Waals surface area contributed by atoms with Crippen molar-refractivity contribution in [2.75, 3.05) is 6.54 Å². The topological polar surface area (TPSA) is 59.8 Å². The molecule has 0 aliphatic rings. The van der Waals surface area contributed by atoms with Gasteiger partial charge in [-0.3, -0.25) is 4.79 Å². The quantitative estimate of drug-likeness (QED) is 0.787. The molecule has 116 valence electrons. The van der Waals surface area contributed by atoms with Crippen LogP contribution in [0.4, 0.5) is 4.39 Å². The van der Waals surface area contributed by atoms with Crippen LogP contribution in [0, 0.1) is 5.82 Å². The minimum absolute atomic E-state index is 0.244. The minimum Gasteiger partial charge on any atom is -0.350 e. The van der Waals surface area contributed by atoms with Gasteiger partial charge in [-0.2, -0.15) is 9.90 Å². The first-order chi connectivity index (χ1) is 11.2. The molecule has 0 saturated heterocycles. The molecule has 0 spiro atoms. The van der Waals surface area contributed by atoms with Gasteiger partial charge in [-0.15, -0.1) is 5.10 Å². The smallest absolute Gasteiger partial charge is 0.273 e. The molecule has 23 heavy (non-hydrogen) atoms. The molecular weight excluding hydrogens is 295 g/mol. The van der Waals surface area contributed by atoms with Crippen molar-refractivity contribution in [3.63, 3.8) is 0 Å². The number of nitrogens with zero attached hydrogens (tertiary/aromatic N) is 3. The number of aromatic nitrogens is 3. The Kier molecular flexibility index (Phi) is 4.42. The van der Waals surface area contributed by atoms with Crippen LogP contribution in [0.2, 0.25) is 0 Å². The Hall–Kier alpha value is -3.02. The van der Waals surface area contributed by atoms with Crippen molar-refractivity contribution in [3.05, 3.63) is 77.9 Å². The maximum atomic E-state index is 13.1. The van der Waals surface area contributed by atoms with Crippen LogP contribution in [-0.4, -0.2) is 27.4 Å². The fraction of sp³-hybridized carbons (Fsp3) is 0.118. The summed E-state index contributed by atoms with van der Waals surface area (Å²) in [6, 6.07) is 15.7. The lowest BCUT2D eigenvalue weighted by molar-refractivity contribution is 0.0948. The zero-order chi connectivity index (χ0) is 16.1. The monoisotopic (exact) mass is 310 g/mol. The average Bonchev–Trinajstić information content (AvgIpc) is 3.06. The summed E-state index contributed by atoms with van der Waals surface area (Å²) in [5.74, 6) is -0.580. The zero-order valence-corrected chi connectivity index (χ0v) is 12.3. The third kappa shape index (κ3) is 3.79. The van der Waals surface area contributed by atoms with Gasteiger partial charge in [0.15, 0.2) is 5.69 Å². The maximum absolute atomic E-state index is 13.1. The second-order valence-electron chi connectivity index (χ2n) is 4.99. The molecule has 3 rings (SSSR count). The van der Waals surface area contributed by atoms with Crippen molar-refractivity contribution in [3.8, 4) is 5.69 Å². The predicted octanol–water partition coefficient (Wildman–Crippen LogP) is 2.38. The van der Waals surface area contributed by atoms with Crippen LogP contribution in [0.5, 0.6) is 0 Å². The molecule has 0 unspecified atom stereocenters. The first kappa shape index (κ1) is 14.9. The first-order valence-electron chi connectivity index (χ1n) is 7.23. The standard InChI is InChI=1S/C17H15FN4O/c18-14-6-4-5-13(11-14)9-10-19-17(23)16-12-20-22(21-16)15-7-2-1-3-8-15/h1-8,11-12H,9-10H2,(H,19,23). The lowest BCUT2D eigenvalue weighted by Gasteiger charge is -2.03. The maximum Gasteiger partial charge on any atom is 0.273 e. The Balaban J connectivity index is 1.58. The van der Waals surface area contributed by atoms with Crippen LogP contribution < -0.4 is 5.32 Å². The van der Waals surface area contributed by atoms with Gasteiger partial charge in [0.25, 0.3) is 5.91 Å². The Labute approximate surface area is 132 Å². The summed E-state index contributed by atoms with van der Waals surface area (Å²) in [5.41, 5.74) is 1.86. The molecule has 6 heteroatoms. The van der Waals surface area contributed by atoms with Gasteiger partial charge in [-0.1, -0.05) is 30.3 Å². The number of hydrogen-bond acceptors (Lipinski definition) is 3. The van der Waals surface area contributed by atoms with E-state index in [9.17, 15) is 9.18 Å². The van der Waals surface area contributed by atoms with Crippen molar-refractivity contribution < 1.29 is 9.18 Å². The number of rotatable bonds is 5. The predicted molar refractivity (Wildman–Crippen MR) is 83.8 cm³/mol. The van der Waals surface area contributed by atoms with E-state index in [4.69, 9.17) is 0 Å².